The van der Waals surface area contributed by atoms with Gasteiger partial charge in [-0.2, -0.15) is 11.8 Å². The van der Waals surface area contributed by atoms with Gasteiger partial charge in [-0.25, -0.2) is 0 Å². The minimum atomic E-state index is -0.000170. The lowest BCUT2D eigenvalue weighted by Crippen LogP contribution is -2.25. The van der Waals surface area contributed by atoms with Crippen LogP contribution in [0.2, 0.25) is 5.02 Å². The summed E-state index contributed by atoms with van der Waals surface area (Å²) >= 11 is 7.95. The van der Waals surface area contributed by atoms with Crippen LogP contribution in [0.4, 0.5) is 5.69 Å². The molecule has 0 aliphatic carbocycles. The molecule has 3 nitrogen and oxygen atoms in total. The van der Waals surface area contributed by atoms with Crippen molar-refractivity contribution in [3.8, 4) is 0 Å². The number of thioether (sulfide) groups is 1. The van der Waals surface area contributed by atoms with Gasteiger partial charge >= 0.3 is 0 Å². The number of halogens is 1. The van der Waals surface area contributed by atoms with Gasteiger partial charge in [-0.1, -0.05) is 11.6 Å². The first-order chi connectivity index (χ1) is 8.58. The summed E-state index contributed by atoms with van der Waals surface area (Å²) in [4.78, 5) is 13.7. The molecule has 1 aromatic rings. The van der Waals surface area contributed by atoms with E-state index in [2.05, 4.69) is 5.32 Å². The highest BCUT2D eigenvalue weighted by atomic mass is 35.5. The first-order valence-corrected chi connectivity index (χ1v) is 7.46. The van der Waals surface area contributed by atoms with E-state index in [0.29, 0.717) is 16.6 Å². The fourth-order valence-corrected chi connectivity index (χ4v) is 3.26. The zero-order valence-electron chi connectivity index (χ0n) is 10.6. The van der Waals surface area contributed by atoms with Crippen LogP contribution in [0.1, 0.15) is 16.8 Å². The lowest BCUT2D eigenvalue weighted by molar-refractivity contribution is 0.0828. The minimum Gasteiger partial charge on any atom is -0.381 e. The van der Waals surface area contributed by atoms with Crippen LogP contribution in [0, 0.1) is 0 Å². The van der Waals surface area contributed by atoms with Crippen LogP contribution in [0.5, 0.6) is 0 Å². The molecule has 18 heavy (non-hydrogen) atoms. The Labute approximate surface area is 117 Å². The third-order valence-corrected chi connectivity index (χ3v) is 4.31. The topological polar surface area (TPSA) is 32.3 Å². The van der Waals surface area contributed by atoms with Gasteiger partial charge in [0.25, 0.3) is 5.91 Å². The lowest BCUT2D eigenvalue weighted by Gasteiger charge is -2.18. The Balaban J connectivity index is 2.25. The maximum atomic E-state index is 12.1. The highest BCUT2D eigenvalue weighted by molar-refractivity contribution is 7.99. The molecule has 0 spiro atoms. The molecule has 1 amide bonds. The van der Waals surface area contributed by atoms with E-state index in [4.69, 9.17) is 11.6 Å². The standard InChI is InChI=1S/C13H17ClN2OS/c1-16(2)13(17)11-4-3-9(14)7-12(11)15-10-5-6-18-8-10/h3-4,7,10,15H,5-6,8H2,1-2H3. The largest absolute Gasteiger partial charge is 0.381 e. The van der Waals surface area contributed by atoms with Crippen molar-refractivity contribution in [1.29, 1.82) is 0 Å². The van der Waals surface area contributed by atoms with Crippen LogP contribution in [0.3, 0.4) is 0 Å². The summed E-state index contributed by atoms with van der Waals surface area (Å²) in [5, 5.41) is 4.08. The first-order valence-electron chi connectivity index (χ1n) is 5.93. The van der Waals surface area contributed by atoms with E-state index in [9.17, 15) is 4.79 Å². The van der Waals surface area contributed by atoms with Crippen LogP contribution in [0.25, 0.3) is 0 Å². The third kappa shape index (κ3) is 3.12. The maximum absolute atomic E-state index is 12.1. The van der Waals surface area contributed by atoms with E-state index in [1.165, 1.54) is 5.75 Å². The Morgan fingerprint density at radius 1 is 1.50 bits per heavy atom. The molecule has 1 saturated heterocycles. The summed E-state index contributed by atoms with van der Waals surface area (Å²) < 4.78 is 0. The number of carbonyl (C=O) groups is 1. The van der Waals surface area contributed by atoms with Gasteiger partial charge in [-0.15, -0.1) is 0 Å². The van der Waals surface area contributed by atoms with Crippen molar-refractivity contribution in [2.75, 3.05) is 30.9 Å². The van der Waals surface area contributed by atoms with Crippen LogP contribution in [-0.4, -0.2) is 42.4 Å². The van der Waals surface area contributed by atoms with Crippen molar-refractivity contribution in [3.05, 3.63) is 28.8 Å². The molecule has 0 aromatic heterocycles. The van der Waals surface area contributed by atoms with Crippen molar-refractivity contribution in [1.82, 2.24) is 4.90 Å². The van der Waals surface area contributed by atoms with Crippen LogP contribution in [-0.2, 0) is 0 Å². The number of benzene rings is 1. The number of amides is 1. The first kappa shape index (κ1) is 13.6. The normalized spacial score (nSPS) is 18.7. The van der Waals surface area contributed by atoms with Crippen molar-refractivity contribution < 1.29 is 4.79 Å². The van der Waals surface area contributed by atoms with E-state index in [-0.39, 0.29) is 5.91 Å². The number of carbonyl (C=O) groups excluding carboxylic acids is 1. The Morgan fingerprint density at radius 2 is 2.28 bits per heavy atom. The smallest absolute Gasteiger partial charge is 0.255 e. The number of anilines is 1. The van der Waals surface area contributed by atoms with Crippen molar-refractivity contribution >= 4 is 35.0 Å². The molecule has 1 heterocycles. The van der Waals surface area contributed by atoms with Gasteiger partial charge in [0.15, 0.2) is 0 Å². The van der Waals surface area contributed by atoms with Gasteiger partial charge in [0.1, 0.15) is 0 Å². The second-order valence-electron chi connectivity index (χ2n) is 4.59. The highest BCUT2D eigenvalue weighted by Gasteiger charge is 2.19. The van der Waals surface area contributed by atoms with Crippen LogP contribution in [0.15, 0.2) is 18.2 Å². The van der Waals surface area contributed by atoms with E-state index >= 15 is 0 Å². The molecule has 1 aromatic carbocycles. The number of nitrogens with one attached hydrogen (secondary N) is 1. The average Bonchev–Trinajstić information content (AvgIpc) is 2.81. The fourth-order valence-electron chi connectivity index (χ4n) is 1.93. The fraction of sp³-hybridized carbons (Fsp3) is 0.462. The summed E-state index contributed by atoms with van der Waals surface area (Å²) in [7, 11) is 3.51. The predicted octanol–water partition coefficient (Wildman–Crippen LogP) is 2.96. The van der Waals surface area contributed by atoms with Gasteiger partial charge in [0.05, 0.1) is 5.56 Å². The van der Waals surface area contributed by atoms with Crippen molar-refractivity contribution in [3.63, 3.8) is 0 Å². The molecule has 1 atom stereocenters. The molecule has 0 saturated carbocycles. The number of hydrogen-bond acceptors (Lipinski definition) is 3. The Kier molecular flexibility index (Phi) is 4.40. The minimum absolute atomic E-state index is 0.000170. The van der Waals surface area contributed by atoms with Gasteiger partial charge < -0.3 is 10.2 Å². The summed E-state index contributed by atoms with van der Waals surface area (Å²) in [6, 6.07) is 5.81. The molecule has 2 rings (SSSR count). The molecule has 0 bridgehead atoms. The van der Waals surface area contributed by atoms with Gasteiger partial charge in [-0.3, -0.25) is 4.79 Å². The number of hydrogen-bond donors (Lipinski definition) is 1. The SMILES string of the molecule is CN(C)C(=O)c1ccc(Cl)cc1NC1CCSC1. The molecular formula is C13H17ClN2OS. The highest BCUT2D eigenvalue weighted by Crippen LogP contribution is 2.26. The summed E-state index contributed by atoms with van der Waals surface area (Å²) in [6.45, 7) is 0. The Hall–Kier alpha value is -0.870. The molecule has 0 radical (unpaired) electrons. The summed E-state index contributed by atoms with van der Waals surface area (Å²) in [5.74, 6) is 2.26. The van der Waals surface area contributed by atoms with Gasteiger partial charge in [0, 0.05) is 36.6 Å². The Morgan fingerprint density at radius 3 is 2.89 bits per heavy atom. The van der Waals surface area contributed by atoms with Gasteiger partial charge in [-0.05, 0) is 30.4 Å². The van der Waals surface area contributed by atoms with E-state index in [1.54, 1.807) is 31.1 Å². The lowest BCUT2D eigenvalue weighted by atomic mass is 10.1. The average molecular weight is 285 g/mol. The van der Waals surface area contributed by atoms with Crippen LogP contribution >= 0.6 is 23.4 Å². The molecule has 98 valence electrons. The molecule has 5 heteroatoms. The third-order valence-electron chi connectivity index (χ3n) is 2.91. The monoisotopic (exact) mass is 284 g/mol. The van der Waals surface area contributed by atoms with E-state index in [0.717, 1.165) is 17.9 Å². The maximum Gasteiger partial charge on any atom is 0.255 e. The summed E-state index contributed by atoms with van der Waals surface area (Å²) in [6.07, 6.45) is 1.13. The van der Waals surface area contributed by atoms with Crippen molar-refractivity contribution in [2.24, 2.45) is 0 Å². The number of nitrogens with zero attached hydrogens (tertiary/aromatic N) is 1. The molecule has 1 N–H and O–H groups in total. The quantitative estimate of drug-likeness (QED) is 0.926. The van der Waals surface area contributed by atoms with Gasteiger partial charge in [0.2, 0.25) is 0 Å². The molecule has 1 aliphatic heterocycles. The Bertz CT molecular complexity index is 445. The second-order valence-corrected chi connectivity index (χ2v) is 6.18. The molecule has 1 unspecified atom stereocenters. The van der Waals surface area contributed by atoms with Crippen LogP contribution < -0.4 is 5.32 Å². The predicted molar refractivity (Wildman–Crippen MR) is 78.8 cm³/mol. The van der Waals surface area contributed by atoms with E-state index < -0.39 is 0 Å². The zero-order chi connectivity index (χ0) is 13.1. The zero-order valence-corrected chi connectivity index (χ0v) is 12.1. The van der Waals surface area contributed by atoms with Crippen molar-refractivity contribution in [2.45, 2.75) is 12.5 Å². The molecule has 1 aliphatic rings. The second kappa shape index (κ2) is 5.85. The molecular weight excluding hydrogens is 268 g/mol. The number of rotatable bonds is 3. The van der Waals surface area contributed by atoms with E-state index in [1.807, 2.05) is 17.8 Å². The molecule has 1 fully saturated rings. The summed E-state index contributed by atoms with van der Waals surface area (Å²) in [5.41, 5.74) is 1.52.